The molecule has 0 saturated carbocycles. The molecule has 1 aromatic heterocycles. The fourth-order valence-electron chi connectivity index (χ4n) is 3.65. The number of hydrogen-bond acceptors (Lipinski definition) is 2. The van der Waals surface area contributed by atoms with E-state index in [0.717, 1.165) is 36.2 Å². The Kier molecular flexibility index (Phi) is 3.69. The molecule has 0 aliphatic carbocycles. The van der Waals surface area contributed by atoms with Gasteiger partial charge in [0.05, 0.1) is 10.7 Å². The van der Waals surface area contributed by atoms with Crippen LogP contribution < -0.4 is 5.32 Å². The molecule has 2 bridgehead atoms. The molecule has 2 amide bonds. The summed E-state index contributed by atoms with van der Waals surface area (Å²) < 4.78 is 0. The van der Waals surface area contributed by atoms with Crippen molar-refractivity contribution in [2.24, 2.45) is 0 Å². The second-order valence-corrected chi connectivity index (χ2v) is 6.63. The highest BCUT2D eigenvalue weighted by Gasteiger charge is 2.44. The first-order valence-corrected chi connectivity index (χ1v) is 8.40. The molecule has 3 heterocycles. The van der Waals surface area contributed by atoms with Gasteiger partial charge in [-0.2, -0.15) is 0 Å². The summed E-state index contributed by atoms with van der Waals surface area (Å²) in [5.41, 5.74) is 2.38. The molecule has 2 saturated heterocycles. The van der Waals surface area contributed by atoms with E-state index in [2.05, 4.69) is 10.3 Å². The topological polar surface area (TPSA) is 45.2 Å². The van der Waals surface area contributed by atoms with Crippen LogP contribution in [0.2, 0.25) is 5.02 Å². The number of aromatic nitrogens is 1. The van der Waals surface area contributed by atoms with Crippen molar-refractivity contribution in [3.05, 3.63) is 47.6 Å². The summed E-state index contributed by atoms with van der Waals surface area (Å²) in [6.07, 6.45) is 6.39. The Balaban J connectivity index is 1.55. The number of pyridine rings is 1. The Morgan fingerprint density at radius 2 is 2.04 bits per heavy atom. The van der Waals surface area contributed by atoms with Crippen molar-refractivity contribution in [2.75, 3.05) is 5.32 Å². The van der Waals surface area contributed by atoms with Crippen molar-refractivity contribution in [1.29, 1.82) is 0 Å². The lowest BCUT2D eigenvalue weighted by atomic mass is 9.80. The minimum absolute atomic E-state index is 0.000225. The third-order valence-corrected chi connectivity index (χ3v) is 5.13. The average molecular weight is 328 g/mol. The highest BCUT2D eigenvalue weighted by Crippen LogP contribution is 2.38. The van der Waals surface area contributed by atoms with Gasteiger partial charge < -0.3 is 10.2 Å². The second kappa shape index (κ2) is 5.85. The maximum Gasteiger partial charge on any atom is 0.322 e. The molecule has 118 valence electrons. The van der Waals surface area contributed by atoms with Crippen molar-refractivity contribution in [3.8, 4) is 11.3 Å². The quantitative estimate of drug-likeness (QED) is 0.878. The van der Waals surface area contributed by atoms with Crippen molar-refractivity contribution in [1.82, 2.24) is 9.88 Å². The standard InChI is InChI=1S/C18H18ClN3O/c19-16-8-7-12(10-15(16)17-6-1-2-9-20-17)21-18(23)22-13-4-3-5-14(22)11-13/h1-2,6-10,13-14H,3-5,11H2,(H,21,23). The Bertz CT molecular complexity index is 720. The first-order valence-electron chi connectivity index (χ1n) is 8.02. The zero-order valence-corrected chi connectivity index (χ0v) is 13.5. The monoisotopic (exact) mass is 327 g/mol. The van der Waals surface area contributed by atoms with Crippen LogP contribution in [-0.2, 0) is 0 Å². The van der Waals surface area contributed by atoms with E-state index in [1.807, 2.05) is 35.2 Å². The van der Waals surface area contributed by atoms with E-state index in [1.54, 1.807) is 12.3 Å². The van der Waals surface area contributed by atoms with E-state index in [-0.39, 0.29) is 6.03 Å². The Labute approximate surface area is 140 Å². The smallest absolute Gasteiger partial charge is 0.318 e. The van der Waals surface area contributed by atoms with E-state index in [1.165, 1.54) is 6.42 Å². The van der Waals surface area contributed by atoms with Crippen molar-refractivity contribution in [2.45, 2.75) is 37.8 Å². The number of anilines is 1. The molecule has 1 N–H and O–H groups in total. The Hall–Kier alpha value is -2.07. The maximum absolute atomic E-state index is 12.5. The Morgan fingerprint density at radius 1 is 1.22 bits per heavy atom. The molecule has 4 nitrogen and oxygen atoms in total. The van der Waals surface area contributed by atoms with Crippen molar-refractivity contribution >= 4 is 23.3 Å². The molecule has 5 heteroatoms. The van der Waals surface area contributed by atoms with E-state index < -0.39 is 0 Å². The van der Waals surface area contributed by atoms with Crippen LogP contribution in [0.3, 0.4) is 0 Å². The molecule has 23 heavy (non-hydrogen) atoms. The van der Waals surface area contributed by atoms with E-state index in [9.17, 15) is 4.79 Å². The normalized spacial score (nSPS) is 22.4. The molecule has 2 unspecified atom stereocenters. The minimum Gasteiger partial charge on any atom is -0.318 e. The van der Waals surface area contributed by atoms with Crippen molar-refractivity contribution < 1.29 is 4.79 Å². The van der Waals surface area contributed by atoms with Crippen LogP contribution in [0.4, 0.5) is 10.5 Å². The van der Waals surface area contributed by atoms with Crippen molar-refractivity contribution in [3.63, 3.8) is 0 Å². The summed E-state index contributed by atoms with van der Waals surface area (Å²) in [6.45, 7) is 0. The average Bonchev–Trinajstić information content (AvgIpc) is 2.58. The van der Waals surface area contributed by atoms with Gasteiger partial charge in [0, 0.05) is 29.5 Å². The van der Waals surface area contributed by atoms with Gasteiger partial charge in [0.2, 0.25) is 0 Å². The lowest BCUT2D eigenvalue weighted by molar-refractivity contribution is 0.0173. The number of nitrogens with zero attached hydrogens (tertiary/aromatic N) is 2. The number of urea groups is 1. The predicted molar refractivity (Wildman–Crippen MR) is 91.6 cm³/mol. The number of hydrogen-bond donors (Lipinski definition) is 1. The van der Waals surface area contributed by atoms with E-state index in [0.29, 0.717) is 17.1 Å². The van der Waals surface area contributed by atoms with Crippen LogP contribution in [-0.4, -0.2) is 28.0 Å². The van der Waals surface area contributed by atoms with Gasteiger partial charge in [-0.25, -0.2) is 4.79 Å². The number of carbonyl (C=O) groups excluding carboxylic acids is 1. The van der Waals surface area contributed by atoms with Gasteiger partial charge in [0.15, 0.2) is 0 Å². The molecule has 2 atom stereocenters. The summed E-state index contributed by atoms with van der Waals surface area (Å²) in [7, 11) is 0. The molecular formula is C18H18ClN3O. The minimum atomic E-state index is 0.000225. The molecule has 2 aliphatic heterocycles. The third-order valence-electron chi connectivity index (χ3n) is 4.80. The van der Waals surface area contributed by atoms with Crippen LogP contribution in [0.5, 0.6) is 0 Å². The van der Waals surface area contributed by atoms with Crippen LogP contribution in [0.1, 0.15) is 25.7 Å². The SMILES string of the molecule is O=C(Nc1ccc(Cl)c(-c2ccccn2)c1)N1C2CCCC1C2. The number of rotatable bonds is 2. The highest BCUT2D eigenvalue weighted by atomic mass is 35.5. The molecule has 0 radical (unpaired) electrons. The largest absolute Gasteiger partial charge is 0.322 e. The number of fused-ring (bicyclic) bond motifs is 2. The molecule has 2 fully saturated rings. The lowest BCUT2D eigenvalue weighted by Crippen LogP contribution is -2.62. The van der Waals surface area contributed by atoms with Gasteiger partial charge >= 0.3 is 6.03 Å². The maximum atomic E-state index is 12.5. The van der Waals surface area contributed by atoms with Crippen LogP contribution >= 0.6 is 11.6 Å². The molecule has 4 rings (SSSR count). The molecule has 1 aromatic carbocycles. The van der Waals surface area contributed by atoms with Crippen LogP contribution in [0.25, 0.3) is 11.3 Å². The van der Waals surface area contributed by atoms with Gasteiger partial charge in [-0.3, -0.25) is 4.98 Å². The van der Waals surface area contributed by atoms with Gasteiger partial charge in [0.25, 0.3) is 0 Å². The zero-order chi connectivity index (χ0) is 15.8. The summed E-state index contributed by atoms with van der Waals surface area (Å²) >= 11 is 6.28. The number of halogens is 1. The first kappa shape index (κ1) is 14.5. The molecule has 2 aliphatic rings. The van der Waals surface area contributed by atoms with Gasteiger partial charge in [-0.05, 0) is 56.0 Å². The number of nitrogens with one attached hydrogen (secondary N) is 1. The summed E-state index contributed by atoms with van der Waals surface area (Å²) in [6, 6.07) is 12.1. The fraction of sp³-hybridized carbons (Fsp3) is 0.333. The lowest BCUT2D eigenvalue weighted by Gasteiger charge is -2.52. The Morgan fingerprint density at radius 3 is 2.74 bits per heavy atom. The number of benzene rings is 1. The zero-order valence-electron chi connectivity index (χ0n) is 12.7. The van der Waals surface area contributed by atoms with Crippen LogP contribution in [0.15, 0.2) is 42.6 Å². The number of piperidine rings is 1. The molecular weight excluding hydrogens is 310 g/mol. The summed E-state index contributed by atoms with van der Waals surface area (Å²) in [5.74, 6) is 0. The van der Waals surface area contributed by atoms with Gasteiger partial charge in [-0.15, -0.1) is 0 Å². The van der Waals surface area contributed by atoms with Gasteiger partial charge in [0.1, 0.15) is 0 Å². The predicted octanol–water partition coefficient (Wildman–Crippen LogP) is 4.56. The summed E-state index contributed by atoms with van der Waals surface area (Å²) in [4.78, 5) is 18.8. The van der Waals surface area contributed by atoms with Crippen LogP contribution in [0, 0.1) is 0 Å². The molecule has 2 aromatic rings. The second-order valence-electron chi connectivity index (χ2n) is 6.22. The number of amides is 2. The number of carbonyl (C=O) groups is 1. The fourth-order valence-corrected chi connectivity index (χ4v) is 3.86. The van der Waals surface area contributed by atoms with E-state index in [4.69, 9.17) is 11.6 Å². The molecule has 0 spiro atoms. The summed E-state index contributed by atoms with van der Waals surface area (Å²) in [5, 5.41) is 3.64. The van der Waals surface area contributed by atoms with Gasteiger partial charge in [-0.1, -0.05) is 17.7 Å². The van der Waals surface area contributed by atoms with E-state index >= 15 is 0 Å². The third kappa shape index (κ3) is 2.68. The highest BCUT2D eigenvalue weighted by molar-refractivity contribution is 6.33. The first-order chi connectivity index (χ1) is 11.2.